The summed E-state index contributed by atoms with van der Waals surface area (Å²) in [6, 6.07) is 0. The van der Waals surface area contributed by atoms with E-state index in [0.717, 1.165) is 0 Å². The SMILES string of the molecule is O=S(=O)([O-])CC(F)(F)C(F)(F)C(F)(F)C(F)(F)C(F)(F)F.[NH4+]. The van der Waals surface area contributed by atoms with Crippen LogP contribution in [0.25, 0.3) is 0 Å². The zero-order valence-corrected chi connectivity index (χ0v) is 10.8. The van der Waals surface area contributed by atoms with E-state index in [1.165, 1.54) is 0 Å². The zero-order chi connectivity index (χ0) is 17.7. The zero-order valence-electron chi connectivity index (χ0n) is 10.00. The van der Waals surface area contributed by atoms with Crippen molar-refractivity contribution in [3.8, 4) is 0 Å². The van der Waals surface area contributed by atoms with Gasteiger partial charge in [0.05, 0.1) is 0 Å². The van der Waals surface area contributed by atoms with Crippen molar-refractivity contribution in [2.75, 3.05) is 5.75 Å². The Balaban J connectivity index is 0. The highest BCUT2D eigenvalue weighted by molar-refractivity contribution is 7.85. The number of hydrogen-bond acceptors (Lipinski definition) is 3. The quantitative estimate of drug-likeness (QED) is 0.586. The molecule has 0 unspecified atom stereocenters. The first-order chi connectivity index (χ1) is 8.71. The van der Waals surface area contributed by atoms with Crippen LogP contribution in [0, 0.1) is 0 Å². The summed E-state index contributed by atoms with van der Waals surface area (Å²) in [4.78, 5) is 0. The summed E-state index contributed by atoms with van der Waals surface area (Å²) in [7, 11) is -6.35. The van der Waals surface area contributed by atoms with Crippen LogP contribution in [0.2, 0.25) is 0 Å². The molecule has 0 heterocycles. The van der Waals surface area contributed by atoms with E-state index in [2.05, 4.69) is 0 Å². The summed E-state index contributed by atoms with van der Waals surface area (Å²) in [6.45, 7) is 0. The van der Waals surface area contributed by atoms with Gasteiger partial charge in [-0.15, -0.1) is 0 Å². The lowest BCUT2D eigenvalue weighted by Gasteiger charge is -2.37. The molecule has 0 aromatic heterocycles. The van der Waals surface area contributed by atoms with E-state index >= 15 is 0 Å². The van der Waals surface area contributed by atoms with E-state index in [9.17, 15) is 61.3 Å². The van der Waals surface area contributed by atoms with Crippen LogP contribution in [0.3, 0.4) is 0 Å². The molecular formula is C6H6F11NO3S. The monoisotopic (exact) mass is 381 g/mol. The molecule has 0 saturated carbocycles. The van der Waals surface area contributed by atoms with Crippen LogP contribution in [0.1, 0.15) is 0 Å². The molecule has 4 nitrogen and oxygen atoms in total. The Morgan fingerprint density at radius 1 is 0.682 bits per heavy atom. The van der Waals surface area contributed by atoms with Gasteiger partial charge in [-0.3, -0.25) is 0 Å². The minimum atomic E-state index is -7.72. The molecule has 0 amide bonds. The summed E-state index contributed by atoms with van der Waals surface area (Å²) in [6.07, 6.45) is -7.34. The smallest absolute Gasteiger partial charge is 0.460 e. The molecule has 0 aliphatic heterocycles. The molecule has 136 valence electrons. The van der Waals surface area contributed by atoms with E-state index in [4.69, 9.17) is 0 Å². The van der Waals surface area contributed by atoms with Crippen molar-refractivity contribution in [2.45, 2.75) is 29.9 Å². The summed E-state index contributed by atoms with van der Waals surface area (Å²) in [5, 5.41) is 0. The third-order valence-electron chi connectivity index (χ3n) is 1.96. The maximum absolute atomic E-state index is 12.7. The lowest BCUT2D eigenvalue weighted by Crippen LogP contribution is -2.67. The van der Waals surface area contributed by atoms with Gasteiger partial charge in [-0.1, -0.05) is 0 Å². The first kappa shape index (κ1) is 23.4. The average molecular weight is 381 g/mol. The van der Waals surface area contributed by atoms with E-state index < -0.39 is 45.7 Å². The molecule has 22 heavy (non-hydrogen) atoms. The normalized spacial score (nSPS) is 15.5. The number of quaternary nitrogens is 1. The Kier molecular flexibility index (Phi) is 5.98. The Labute approximate surface area is 114 Å². The standard InChI is InChI=1S/C6H3F11O3S.H3N/c7-2(8,1-21(18,19)20)3(9,10)4(11,12)5(13,14)6(15,16)17;/h1H2,(H,18,19,20);1H3. The summed E-state index contributed by atoms with van der Waals surface area (Å²) in [5.74, 6) is -33.1. The van der Waals surface area contributed by atoms with Gasteiger partial charge in [-0.05, 0) is 0 Å². The van der Waals surface area contributed by atoms with Crippen LogP contribution in [0.15, 0.2) is 0 Å². The van der Waals surface area contributed by atoms with E-state index in [1.807, 2.05) is 0 Å². The van der Waals surface area contributed by atoms with Crippen molar-refractivity contribution in [3.05, 3.63) is 0 Å². The highest BCUT2D eigenvalue weighted by Crippen LogP contribution is 2.57. The summed E-state index contributed by atoms with van der Waals surface area (Å²) >= 11 is 0. The van der Waals surface area contributed by atoms with Crippen molar-refractivity contribution < 1.29 is 61.3 Å². The molecular weight excluding hydrogens is 375 g/mol. The number of rotatable bonds is 5. The third-order valence-corrected chi connectivity index (χ3v) is 2.68. The minimum absolute atomic E-state index is 0. The lowest BCUT2D eigenvalue weighted by molar-refractivity contribution is -0.419. The fourth-order valence-electron chi connectivity index (χ4n) is 0.918. The summed E-state index contributed by atoms with van der Waals surface area (Å²) in [5.41, 5.74) is 0. The van der Waals surface area contributed by atoms with Crippen molar-refractivity contribution in [2.24, 2.45) is 0 Å². The molecule has 0 aliphatic rings. The van der Waals surface area contributed by atoms with Gasteiger partial charge in [0.25, 0.3) is 0 Å². The second-order valence-corrected chi connectivity index (χ2v) is 5.03. The Morgan fingerprint density at radius 2 is 1.00 bits per heavy atom. The van der Waals surface area contributed by atoms with Gasteiger partial charge in [0.1, 0.15) is 15.9 Å². The van der Waals surface area contributed by atoms with E-state index in [0.29, 0.717) is 0 Å². The van der Waals surface area contributed by atoms with Gasteiger partial charge in [0, 0.05) is 0 Å². The first-order valence-corrected chi connectivity index (χ1v) is 5.80. The molecule has 0 fully saturated rings. The molecule has 0 aliphatic carbocycles. The van der Waals surface area contributed by atoms with Crippen molar-refractivity contribution >= 4 is 10.1 Å². The predicted octanol–water partition coefficient (Wildman–Crippen LogP) is 3.01. The first-order valence-electron chi connectivity index (χ1n) is 4.22. The molecule has 0 radical (unpaired) electrons. The van der Waals surface area contributed by atoms with E-state index in [1.54, 1.807) is 0 Å². The molecule has 0 saturated heterocycles. The second kappa shape index (κ2) is 5.63. The van der Waals surface area contributed by atoms with Gasteiger partial charge < -0.3 is 10.7 Å². The molecule has 0 rings (SSSR count). The molecule has 0 bridgehead atoms. The molecule has 4 N–H and O–H groups in total. The Morgan fingerprint density at radius 3 is 1.23 bits per heavy atom. The van der Waals surface area contributed by atoms with Gasteiger partial charge in [0.15, 0.2) is 0 Å². The maximum atomic E-state index is 12.7. The lowest BCUT2D eigenvalue weighted by atomic mass is 9.99. The molecule has 16 heteroatoms. The molecule has 0 aromatic carbocycles. The van der Waals surface area contributed by atoms with E-state index in [-0.39, 0.29) is 6.15 Å². The van der Waals surface area contributed by atoms with Crippen LogP contribution in [-0.4, -0.2) is 48.6 Å². The fraction of sp³-hybridized carbons (Fsp3) is 1.00. The van der Waals surface area contributed by atoms with Crippen LogP contribution in [0.5, 0.6) is 0 Å². The Hall–Kier alpha value is -0.900. The number of hydrogen-bond donors (Lipinski definition) is 1. The number of halogens is 11. The average Bonchev–Trinajstić information content (AvgIpc) is 2.10. The molecule has 0 atom stereocenters. The predicted molar refractivity (Wildman–Crippen MR) is 46.4 cm³/mol. The highest BCUT2D eigenvalue weighted by Gasteiger charge is 2.87. The van der Waals surface area contributed by atoms with Gasteiger partial charge in [-0.25, -0.2) is 8.42 Å². The van der Waals surface area contributed by atoms with Gasteiger partial charge in [0.2, 0.25) is 0 Å². The number of alkyl halides is 11. The second-order valence-electron chi connectivity index (χ2n) is 3.63. The highest BCUT2D eigenvalue weighted by atomic mass is 32.2. The molecule has 0 aromatic rings. The summed E-state index contributed by atoms with van der Waals surface area (Å²) < 4.78 is 164. The Bertz CT molecular complexity index is 496. The maximum Gasteiger partial charge on any atom is 0.460 e. The largest absolute Gasteiger partial charge is 0.748 e. The fourth-order valence-corrected chi connectivity index (χ4v) is 1.54. The topological polar surface area (TPSA) is 93.7 Å². The third kappa shape index (κ3) is 3.70. The van der Waals surface area contributed by atoms with Crippen molar-refractivity contribution in [3.63, 3.8) is 0 Å². The van der Waals surface area contributed by atoms with Crippen LogP contribution >= 0.6 is 0 Å². The van der Waals surface area contributed by atoms with Gasteiger partial charge >= 0.3 is 29.9 Å². The van der Waals surface area contributed by atoms with Crippen molar-refractivity contribution in [1.82, 2.24) is 6.15 Å². The van der Waals surface area contributed by atoms with Crippen molar-refractivity contribution in [1.29, 1.82) is 0 Å². The van der Waals surface area contributed by atoms with Crippen LogP contribution in [0.4, 0.5) is 48.3 Å². The van der Waals surface area contributed by atoms with Gasteiger partial charge in [-0.2, -0.15) is 48.3 Å². The minimum Gasteiger partial charge on any atom is -0.748 e. The van der Waals surface area contributed by atoms with Crippen LogP contribution in [-0.2, 0) is 10.1 Å². The molecule has 0 spiro atoms. The van der Waals surface area contributed by atoms with Crippen LogP contribution < -0.4 is 6.15 Å².